The van der Waals surface area contributed by atoms with Crippen molar-refractivity contribution < 1.29 is 9.53 Å². The molecule has 0 aliphatic heterocycles. The maximum atomic E-state index is 12.7. The van der Waals surface area contributed by atoms with E-state index < -0.39 is 0 Å². The molecule has 0 atom stereocenters. The van der Waals surface area contributed by atoms with Crippen molar-refractivity contribution in [1.29, 1.82) is 0 Å². The first-order valence-electron chi connectivity index (χ1n) is 10.2. The van der Waals surface area contributed by atoms with Crippen LogP contribution in [0.4, 0.5) is 0 Å². The summed E-state index contributed by atoms with van der Waals surface area (Å²) in [6.45, 7) is 7.09. The van der Waals surface area contributed by atoms with Gasteiger partial charge >= 0.3 is 0 Å². The average molecular weight is 437 g/mol. The molecule has 3 aromatic rings. The minimum atomic E-state index is 0.0385. The molecule has 31 heavy (non-hydrogen) atoms. The van der Waals surface area contributed by atoms with Gasteiger partial charge in [0.15, 0.2) is 11.0 Å². The Kier molecular flexibility index (Phi) is 7.89. The number of amides is 1. The highest BCUT2D eigenvalue weighted by molar-refractivity contribution is 7.99. The number of nitrogens with zero attached hydrogens (tertiary/aromatic N) is 4. The summed E-state index contributed by atoms with van der Waals surface area (Å²) in [7, 11) is 3.46. The maximum Gasteiger partial charge on any atom is 0.233 e. The predicted molar refractivity (Wildman–Crippen MR) is 125 cm³/mol. The van der Waals surface area contributed by atoms with E-state index in [1.807, 2.05) is 35.9 Å². The third kappa shape index (κ3) is 5.55. The van der Waals surface area contributed by atoms with Gasteiger partial charge in [0.2, 0.25) is 5.91 Å². The van der Waals surface area contributed by atoms with Crippen LogP contribution in [0.25, 0.3) is 11.4 Å². The fourth-order valence-corrected chi connectivity index (χ4v) is 4.09. The third-order valence-electron chi connectivity index (χ3n) is 4.98. The molecule has 0 aliphatic rings. The molecule has 0 radical (unpaired) electrons. The van der Waals surface area contributed by atoms with Gasteiger partial charge in [-0.3, -0.25) is 9.36 Å². The minimum absolute atomic E-state index is 0.0385. The molecule has 1 amide bonds. The number of rotatable bonds is 10. The Morgan fingerprint density at radius 2 is 1.87 bits per heavy atom. The summed E-state index contributed by atoms with van der Waals surface area (Å²) >= 11 is 1.38. The molecule has 0 N–H and O–H groups in total. The molecule has 0 saturated carbocycles. The summed E-state index contributed by atoms with van der Waals surface area (Å²) in [4.78, 5) is 14.4. The van der Waals surface area contributed by atoms with Crippen LogP contribution in [0.15, 0.2) is 66.3 Å². The van der Waals surface area contributed by atoms with Crippen molar-refractivity contribution in [3.05, 3.63) is 72.3 Å². The van der Waals surface area contributed by atoms with Crippen molar-refractivity contribution in [2.24, 2.45) is 0 Å². The lowest BCUT2D eigenvalue weighted by Gasteiger charge is -2.17. The maximum absolute atomic E-state index is 12.7. The largest absolute Gasteiger partial charge is 0.496 e. The number of hydrogen-bond donors (Lipinski definition) is 0. The van der Waals surface area contributed by atoms with E-state index in [-0.39, 0.29) is 11.7 Å². The highest BCUT2D eigenvalue weighted by atomic mass is 32.2. The van der Waals surface area contributed by atoms with Crippen LogP contribution in [-0.4, -0.2) is 45.5 Å². The first-order valence-corrected chi connectivity index (χ1v) is 11.2. The fraction of sp³-hybridized carbons (Fsp3) is 0.292. The van der Waals surface area contributed by atoms with Crippen LogP contribution < -0.4 is 4.74 Å². The molecule has 2 aromatic carbocycles. The van der Waals surface area contributed by atoms with Gasteiger partial charge in [-0.1, -0.05) is 61.2 Å². The number of thioether (sulfide) groups is 1. The van der Waals surface area contributed by atoms with Crippen LogP contribution in [0.3, 0.4) is 0 Å². The summed E-state index contributed by atoms with van der Waals surface area (Å²) in [6, 6.07) is 16.1. The van der Waals surface area contributed by atoms with E-state index >= 15 is 0 Å². The number of allylic oxidation sites excluding steroid dienone is 1. The van der Waals surface area contributed by atoms with E-state index in [2.05, 4.69) is 48.0 Å². The number of aryl methyl sites for hydroxylation is 1. The molecule has 0 unspecified atom stereocenters. The first kappa shape index (κ1) is 22.6. The molecular weight excluding hydrogens is 408 g/mol. The van der Waals surface area contributed by atoms with Gasteiger partial charge in [0.05, 0.1) is 18.4 Å². The number of hydrogen-bond acceptors (Lipinski definition) is 5. The van der Waals surface area contributed by atoms with Gasteiger partial charge in [0.25, 0.3) is 0 Å². The van der Waals surface area contributed by atoms with E-state index in [9.17, 15) is 4.79 Å². The van der Waals surface area contributed by atoms with E-state index in [0.717, 1.165) is 23.3 Å². The summed E-state index contributed by atoms with van der Waals surface area (Å²) in [6.07, 6.45) is 2.80. The van der Waals surface area contributed by atoms with Gasteiger partial charge in [-0.2, -0.15) is 0 Å². The van der Waals surface area contributed by atoms with Crippen LogP contribution in [0.2, 0.25) is 0 Å². The number of benzene rings is 2. The molecule has 3 rings (SSSR count). The van der Waals surface area contributed by atoms with Gasteiger partial charge in [-0.15, -0.1) is 16.8 Å². The summed E-state index contributed by atoms with van der Waals surface area (Å²) < 4.78 is 7.42. The van der Waals surface area contributed by atoms with Crippen molar-refractivity contribution in [3.63, 3.8) is 0 Å². The number of carbonyl (C=O) groups excluding carboxylic acids is 1. The van der Waals surface area contributed by atoms with Crippen molar-refractivity contribution in [2.45, 2.75) is 31.6 Å². The van der Waals surface area contributed by atoms with Crippen LogP contribution in [0.5, 0.6) is 5.75 Å². The van der Waals surface area contributed by atoms with Gasteiger partial charge in [-0.05, 0) is 29.7 Å². The van der Waals surface area contributed by atoms with Crippen molar-refractivity contribution in [2.75, 3.05) is 19.9 Å². The van der Waals surface area contributed by atoms with Crippen LogP contribution in [0, 0.1) is 0 Å². The van der Waals surface area contributed by atoms with Gasteiger partial charge in [-0.25, -0.2) is 0 Å². The molecular formula is C24H28N4O2S. The molecule has 1 heterocycles. The van der Waals surface area contributed by atoms with Gasteiger partial charge < -0.3 is 9.64 Å². The summed E-state index contributed by atoms with van der Waals surface area (Å²) in [5.74, 6) is 1.74. The number of carbonyl (C=O) groups is 1. The Hall–Kier alpha value is -3.06. The van der Waals surface area contributed by atoms with Crippen LogP contribution in [0.1, 0.15) is 18.1 Å². The Morgan fingerprint density at radius 3 is 2.55 bits per heavy atom. The topological polar surface area (TPSA) is 60.2 Å². The average Bonchev–Trinajstić information content (AvgIpc) is 3.20. The second-order valence-corrected chi connectivity index (χ2v) is 8.06. The molecule has 6 nitrogen and oxygen atoms in total. The lowest BCUT2D eigenvalue weighted by atomic mass is 10.1. The highest BCUT2D eigenvalue weighted by Crippen LogP contribution is 2.31. The second-order valence-electron chi connectivity index (χ2n) is 7.11. The Balaban J connectivity index is 1.69. The quantitative estimate of drug-likeness (QED) is 0.347. The Morgan fingerprint density at radius 1 is 1.16 bits per heavy atom. The van der Waals surface area contributed by atoms with E-state index in [0.29, 0.717) is 24.1 Å². The third-order valence-corrected chi connectivity index (χ3v) is 5.93. The highest BCUT2D eigenvalue weighted by Gasteiger charge is 2.18. The zero-order chi connectivity index (χ0) is 22.2. The molecule has 0 bridgehead atoms. The molecule has 1 aromatic heterocycles. The summed E-state index contributed by atoms with van der Waals surface area (Å²) in [5.41, 5.74) is 3.26. The Bertz CT molecular complexity index is 1030. The molecule has 162 valence electrons. The van der Waals surface area contributed by atoms with E-state index in [1.54, 1.807) is 18.1 Å². The zero-order valence-corrected chi connectivity index (χ0v) is 19.1. The number of aromatic nitrogens is 3. The molecule has 0 aliphatic carbocycles. The first-order chi connectivity index (χ1) is 15.1. The van der Waals surface area contributed by atoms with E-state index in [4.69, 9.17) is 4.74 Å². The standard InChI is InChI=1S/C24H28N4O2S/c1-5-15-28-23(20-9-7-8-10-21(20)30-4)25-26-24(28)31-17-22(29)27(3)16-19-13-11-18(6-2)12-14-19/h5,7-14H,1,6,15-17H2,2-4H3. The smallest absolute Gasteiger partial charge is 0.233 e. The van der Waals surface area contributed by atoms with Gasteiger partial charge in [0, 0.05) is 20.1 Å². The fourth-order valence-electron chi connectivity index (χ4n) is 3.20. The Labute approximate surface area is 187 Å². The lowest BCUT2D eigenvalue weighted by molar-refractivity contribution is -0.127. The predicted octanol–water partition coefficient (Wildman–Crippen LogP) is 4.45. The molecule has 0 fully saturated rings. The number of ether oxygens (including phenoxy) is 1. The van der Waals surface area contributed by atoms with Crippen LogP contribution in [-0.2, 0) is 24.3 Å². The van der Waals surface area contributed by atoms with E-state index in [1.165, 1.54) is 17.3 Å². The minimum Gasteiger partial charge on any atom is -0.496 e. The van der Waals surface area contributed by atoms with Crippen molar-refractivity contribution in [3.8, 4) is 17.1 Å². The normalized spacial score (nSPS) is 10.7. The van der Waals surface area contributed by atoms with Crippen LogP contribution >= 0.6 is 11.8 Å². The van der Waals surface area contributed by atoms with Gasteiger partial charge in [0.1, 0.15) is 5.75 Å². The SMILES string of the molecule is C=CCn1c(SCC(=O)N(C)Cc2ccc(CC)cc2)nnc1-c1ccccc1OC. The zero-order valence-electron chi connectivity index (χ0n) is 18.2. The second kappa shape index (κ2) is 10.8. The van der Waals surface area contributed by atoms with Crippen molar-refractivity contribution in [1.82, 2.24) is 19.7 Å². The summed E-state index contributed by atoms with van der Waals surface area (Å²) in [5, 5.41) is 9.36. The number of methoxy groups -OCH3 is 1. The molecule has 0 spiro atoms. The monoisotopic (exact) mass is 436 g/mol. The molecule has 0 saturated heterocycles. The lowest BCUT2D eigenvalue weighted by Crippen LogP contribution is -2.27. The number of para-hydroxylation sites is 1. The van der Waals surface area contributed by atoms with Crippen molar-refractivity contribution >= 4 is 17.7 Å². The molecule has 7 heteroatoms.